The molecule has 0 aromatic carbocycles. The van der Waals surface area contributed by atoms with Crippen molar-refractivity contribution in [2.45, 2.75) is 57.9 Å². The van der Waals surface area contributed by atoms with Crippen LogP contribution in [0.2, 0.25) is 0 Å². The van der Waals surface area contributed by atoms with Gasteiger partial charge in [0, 0.05) is 53.0 Å². The van der Waals surface area contributed by atoms with Crippen molar-refractivity contribution in [1.29, 1.82) is 0 Å². The summed E-state index contributed by atoms with van der Waals surface area (Å²) in [5.74, 6) is 0. The van der Waals surface area contributed by atoms with Gasteiger partial charge in [-0.15, -0.1) is 0 Å². The molecule has 0 aromatic rings. The van der Waals surface area contributed by atoms with Gasteiger partial charge in [-0.05, 0) is 6.42 Å². The molecule has 0 aliphatic carbocycles. The summed E-state index contributed by atoms with van der Waals surface area (Å²) in [6, 6.07) is 0. The molecule has 0 spiro atoms. The fourth-order valence-electron chi connectivity index (χ4n) is 0.539. The van der Waals surface area contributed by atoms with Gasteiger partial charge in [0.15, 0.2) is 0 Å². The number of ether oxygens (including phenoxy) is 3. The zero-order chi connectivity index (χ0) is 8.36. The third kappa shape index (κ3) is 53.8. The molecule has 0 aromatic heterocycles. The molecule has 0 rings (SSSR count). The average Bonchev–Trinajstić information content (AvgIpc) is 2.03. The predicted molar refractivity (Wildman–Crippen MR) is 83.6 cm³/mol. The first kappa shape index (κ1) is 50.9. The van der Waals surface area contributed by atoms with Crippen LogP contribution in [0.25, 0.3) is 0 Å². The number of methoxy groups -OCH3 is 1. The van der Waals surface area contributed by atoms with Crippen LogP contribution in [0.15, 0.2) is 0 Å². The summed E-state index contributed by atoms with van der Waals surface area (Å²) in [5.41, 5.74) is 0. The fraction of sp³-hybridized carbons (Fsp3) is 0.929. The van der Waals surface area contributed by atoms with Crippen LogP contribution in [0.5, 0.6) is 0 Å². The minimum Gasteiger partial charge on any atom is -0.548 e. The Balaban J connectivity index is -0.0000000238. The van der Waals surface area contributed by atoms with Crippen molar-refractivity contribution in [2.75, 3.05) is 33.5 Å². The maximum atomic E-state index is 5.14. The maximum Gasteiger partial charge on any atom is 0.0666 e. The van der Waals surface area contributed by atoms with Crippen LogP contribution >= 0.6 is 0 Å². The standard InChI is InChI=1S/C8H17O3.6CH4.Y/c1-3-4-10-7-8-11-6-5-9-2;;;;;;;/h8H,3-7H2,1-2H3;6*1H4;/q-1;;;;;;;. The molecular formula is C14H41O3Y-. The van der Waals surface area contributed by atoms with E-state index in [1.807, 2.05) is 0 Å². The van der Waals surface area contributed by atoms with E-state index in [0.29, 0.717) is 19.8 Å². The molecule has 1 radical (unpaired) electrons. The van der Waals surface area contributed by atoms with Crippen molar-refractivity contribution >= 4 is 0 Å². The molecule has 0 unspecified atom stereocenters. The van der Waals surface area contributed by atoms with E-state index in [1.54, 1.807) is 13.7 Å². The topological polar surface area (TPSA) is 27.7 Å². The van der Waals surface area contributed by atoms with E-state index < -0.39 is 0 Å². The van der Waals surface area contributed by atoms with Crippen LogP contribution in [0, 0.1) is 6.61 Å². The molecule has 0 heterocycles. The van der Waals surface area contributed by atoms with Gasteiger partial charge in [0.1, 0.15) is 0 Å². The third-order valence-corrected chi connectivity index (χ3v) is 1.06. The summed E-state index contributed by atoms with van der Waals surface area (Å²) >= 11 is 0. The Kier molecular flexibility index (Phi) is 147. The molecule has 3 nitrogen and oxygen atoms in total. The quantitative estimate of drug-likeness (QED) is 0.455. The van der Waals surface area contributed by atoms with Gasteiger partial charge in [0.2, 0.25) is 0 Å². The molecule has 0 saturated heterocycles. The normalized spacial score (nSPS) is 6.33. The minimum absolute atomic E-state index is 0. The Morgan fingerprint density at radius 2 is 1.33 bits per heavy atom. The van der Waals surface area contributed by atoms with E-state index in [2.05, 4.69) is 6.92 Å². The van der Waals surface area contributed by atoms with Gasteiger partial charge in [-0.25, -0.2) is 0 Å². The van der Waals surface area contributed by atoms with Gasteiger partial charge in [-0.2, -0.15) is 6.61 Å². The summed E-state index contributed by atoms with van der Waals surface area (Å²) in [6.45, 7) is 6.33. The van der Waals surface area contributed by atoms with Gasteiger partial charge < -0.3 is 14.2 Å². The number of rotatable bonds is 8. The van der Waals surface area contributed by atoms with E-state index in [-0.39, 0.29) is 77.3 Å². The Bertz CT molecular complexity index is 66.1. The zero-order valence-corrected chi connectivity index (χ0v) is 10.8. The molecule has 119 valence electrons. The number of hydrogen-bond donors (Lipinski definition) is 0. The monoisotopic (exact) mass is 346 g/mol. The summed E-state index contributed by atoms with van der Waals surface area (Å²) in [5, 5.41) is 0. The van der Waals surface area contributed by atoms with Crippen LogP contribution < -0.4 is 0 Å². The van der Waals surface area contributed by atoms with E-state index >= 15 is 0 Å². The molecule has 0 aliphatic heterocycles. The van der Waals surface area contributed by atoms with Crippen LogP contribution in [0.4, 0.5) is 0 Å². The predicted octanol–water partition coefficient (Wildman–Crippen LogP) is 5.05. The second kappa shape index (κ2) is 52.0. The molecule has 0 bridgehead atoms. The second-order valence-corrected chi connectivity index (χ2v) is 2.11. The van der Waals surface area contributed by atoms with Gasteiger partial charge in [-0.3, -0.25) is 0 Å². The zero-order valence-electron chi connectivity index (χ0n) is 7.91. The summed E-state index contributed by atoms with van der Waals surface area (Å²) in [6.07, 6.45) is 1.05. The van der Waals surface area contributed by atoms with Crippen molar-refractivity contribution in [3.8, 4) is 0 Å². The average molecular weight is 346 g/mol. The fourth-order valence-corrected chi connectivity index (χ4v) is 0.539. The number of hydrogen-bond acceptors (Lipinski definition) is 3. The first-order valence-electron chi connectivity index (χ1n) is 3.91. The van der Waals surface area contributed by atoms with Crippen molar-refractivity contribution in [1.82, 2.24) is 0 Å². The molecule has 0 saturated carbocycles. The SMILES string of the molecule is C.C.C.C.C.C.CCCOC[CH-]OCCOC.[Y]. The van der Waals surface area contributed by atoms with E-state index in [0.717, 1.165) is 13.0 Å². The second-order valence-electron chi connectivity index (χ2n) is 2.11. The summed E-state index contributed by atoms with van der Waals surface area (Å²) in [4.78, 5) is 0. The van der Waals surface area contributed by atoms with Crippen molar-refractivity contribution in [3.05, 3.63) is 6.61 Å². The maximum absolute atomic E-state index is 5.14. The smallest absolute Gasteiger partial charge is 0.0666 e. The van der Waals surface area contributed by atoms with Crippen molar-refractivity contribution < 1.29 is 46.9 Å². The molecule has 0 amide bonds. The molecule has 0 atom stereocenters. The Morgan fingerprint density at radius 1 is 0.833 bits per heavy atom. The third-order valence-electron chi connectivity index (χ3n) is 1.06. The molecule has 4 heteroatoms. The van der Waals surface area contributed by atoms with Gasteiger partial charge in [-0.1, -0.05) is 58.1 Å². The van der Waals surface area contributed by atoms with E-state index in [1.165, 1.54) is 0 Å². The van der Waals surface area contributed by atoms with Gasteiger partial charge in [0.05, 0.1) is 6.61 Å². The minimum atomic E-state index is 0. The van der Waals surface area contributed by atoms with Gasteiger partial charge >= 0.3 is 0 Å². The molecule has 0 aliphatic rings. The summed E-state index contributed by atoms with van der Waals surface area (Å²) in [7, 11) is 1.65. The first-order valence-corrected chi connectivity index (χ1v) is 3.91. The Morgan fingerprint density at radius 3 is 1.72 bits per heavy atom. The molecule has 0 N–H and O–H groups in total. The van der Waals surface area contributed by atoms with Crippen LogP contribution in [-0.2, 0) is 46.9 Å². The van der Waals surface area contributed by atoms with Crippen LogP contribution in [0.3, 0.4) is 0 Å². The van der Waals surface area contributed by atoms with Crippen molar-refractivity contribution in [3.63, 3.8) is 0 Å². The molecular weight excluding hydrogens is 305 g/mol. The Hall–Kier alpha value is 0.984. The van der Waals surface area contributed by atoms with Crippen molar-refractivity contribution in [2.24, 2.45) is 0 Å². The first-order chi connectivity index (χ1) is 5.41. The van der Waals surface area contributed by atoms with E-state index in [9.17, 15) is 0 Å². The van der Waals surface area contributed by atoms with E-state index in [4.69, 9.17) is 14.2 Å². The molecule has 18 heavy (non-hydrogen) atoms. The molecule has 0 fully saturated rings. The summed E-state index contributed by atoms with van der Waals surface area (Å²) < 4.78 is 15.0. The van der Waals surface area contributed by atoms with Crippen LogP contribution in [-0.4, -0.2) is 33.5 Å². The Labute approximate surface area is 144 Å². The van der Waals surface area contributed by atoms with Crippen LogP contribution in [0.1, 0.15) is 57.9 Å². The largest absolute Gasteiger partial charge is 0.548 e. The van der Waals surface area contributed by atoms with Gasteiger partial charge in [0.25, 0.3) is 0 Å².